The highest BCUT2D eigenvalue weighted by Gasteiger charge is 2.28. The van der Waals surface area contributed by atoms with E-state index in [0.717, 1.165) is 13.0 Å². The summed E-state index contributed by atoms with van der Waals surface area (Å²) in [5.74, 6) is -0.359. The Labute approximate surface area is 107 Å². The van der Waals surface area contributed by atoms with Crippen LogP contribution in [0.3, 0.4) is 0 Å². The molecule has 1 fully saturated rings. The van der Waals surface area contributed by atoms with Gasteiger partial charge in [-0.2, -0.15) is 0 Å². The molecule has 0 bridgehead atoms. The average molecular weight is 248 g/mol. The largest absolute Gasteiger partial charge is 0.478 e. The van der Waals surface area contributed by atoms with Gasteiger partial charge in [0, 0.05) is 12.6 Å². The highest BCUT2D eigenvalue weighted by atomic mass is 16.4. The number of nitrogens with two attached hydrogens (primary N) is 1. The van der Waals surface area contributed by atoms with Crippen molar-refractivity contribution in [3.63, 3.8) is 0 Å². The van der Waals surface area contributed by atoms with Crippen molar-refractivity contribution in [1.29, 1.82) is 0 Å². The molecule has 0 amide bonds. The lowest BCUT2D eigenvalue weighted by molar-refractivity contribution is 0.0697. The standard InChI is InChI=1S/C14H20N2O2/c1-9-5-4-8-16(10(9)2)13-11(14(17)18)6-3-7-12(13)15/h3,6-7,9-10H,4-5,8,15H2,1-2H3,(H,17,18). The second kappa shape index (κ2) is 4.88. The fourth-order valence-corrected chi connectivity index (χ4v) is 2.71. The number of benzene rings is 1. The summed E-state index contributed by atoms with van der Waals surface area (Å²) < 4.78 is 0. The highest BCUT2D eigenvalue weighted by Crippen LogP contribution is 2.34. The molecule has 98 valence electrons. The van der Waals surface area contributed by atoms with Crippen molar-refractivity contribution < 1.29 is 9.90 Å². The molecule has 0 radical (unpaired) electrons. The van der Waals surface area contributed by atoms with Crippen molar-refractivity contribution in [3.05, 3.63) is 23.8 Å². The number of aromatic carboxylic acids is 1. The molecular formula is C14H20N2O2. The van der Waals surface area contributed by atoms with E-state index in [-0.39, 0.29) is 0 Å². The molecule has 0 spiro atoms. The van der Waals surface area contributed by atoms with Gasteiger partial charge in [-0.1, -0.05) is 13.0 Å². The average Bonchev–Trinajstić information content (AvgIpc) is 2.33. The normalized spacial score (nSPS) is 24.0. The van der Waals surface area contributed by atoms with Crippen LogP contribution in [0, 0.1) is 5.92 Å². The van der Waals surface area contributed by atoms with Gasteiger partial charge in [-0.3, -0.25) is 0 Å². The Hall–Kier alpha value is -1.71. The van der Waals surface area contributed by atoms with E-state index in [1.165, 1.54) is 6.42 Å². The van der Waals surface area contributed by atoms with Crippen LogP contribution in [0.5, 0.6) is 0 Å². The molecule has 1 aliphatic heterocycles. The summed E-state index contributed by atoms with van der Waals surface area (Å²) in [5.41, 5.74) is 7.53. The lowest BCUT2D eigenvalue weighted by atomic mass is 9.91. The zero-order valence-electron chi connectivity index (χ0n) is 10.9. The van der Waals surface area contributed by atoms with E-state index in [2.05, 4.69) is 18.7 Å². The first-order chi connectivity index (χ1) is 8.52. The molecule has 1 heterocycles. The number of carbonyl (C=O) groups is 1. The van der Waals surface area contributed by atoms with Crippen molar-refractivity contribution in [1.82, 2.24) is 0 Å². The van der Waals surface area contributed by atoms with Gasteiger partial charge in [0.15, 0.2) is 0 Å². The van der Waals surface area contributed by atoms with Crippen LogP contribution in [0.25, 0.3) is 0 Å². The quantitative estimate of drug-likeness (QED) is 0.789. The number of rotatable bonds is 2. The second-order valence-corrected chi connectivity index (χ2v) is 5.10. The van der Waals surface area contributed by atoms with Crippen molar-refractivity contribution in [2.24, 2.45) is 5.92 Å². The maximum atomic E-state index is 11.3. The Morgan fingerprint density at radius 2 is 2.17 bits per heavy atom. The van der Waals surface area contributed by atoms with Crippen LogP contribution in [0.4, 0.5) is 11.4 Å². The van der Waals surface area contributed by atoms with Crippen LogP contribution in [0.1, 0.15) is 37.0 Å². The number of carboxylic acid groups (broad SMARTS) is 1. The Kier molecular flexibility index (Phi) is 3.45. The Balaban J connectivity index is 2.46. The van der Waals surface area contributed by atoms with Crippen LogP contribution in [-0.2, 0) is 0 Å². The predicted octanol–water partition coefficient (Wildman–Crippen LogP) is 2.59. The summed E-state index contributed by atoms with van der Waals surface area (Å²) in [6.07, 6.45) is 2.27. The molecular weight excluding hydrogens is 228 g/mol. The summed E-state index contributed by atoms with van der Waals surface area (Å²) in [5, 5.41) is 9.29. The summed E-state index contributed by atoms with van der Waals surface area (Å²) in [4.78, 5) is 13.5. The monoisotopic (exact) mass is 248 g/mol. The van der Waals surface area contributed by atoms with Gasteiger partial charge in [0.25, 0.3) is 0 Å². The first kappa shape index (κ1) is 12.7. The third kappa shape index (κ3) is 2.15. The smallest absolute Gasteiger partial charge is 0.337 e. The molecule has 2 atom stereocenters. The first-order valence-corrected chi connectivity index (χ1v) is 6.40. The minimum Gasteiger partial charge on any atom is -0.478 e. The molecule has 0 aromatic heterocycles. The Morgan fingerprint density at radius 3 is 2.83 bits per heavy atom. The van der Waals surface area contributed by atoms with Gasteiger partial charge < -0.3 is 15.7 Å². The van der Waals surface area contributed by atoms with Gasteiger partial charge in [-0.15, -0.1) is 0 Å². The zero-order chi connectivity index (χ0) is 13.3. The van der Waals surface area contributed by atoms with E-state index in [4.69, 9.17) is 5.73 Å². The van der Waals surface area contributed by atoms with Crippen LogP contribution in [-0.4, -0.2) is 23.7 Å². The fourth-order valence-electron chi connectivity index (χ4n) is 2.71. The van der Waals surface area contributed by atoms with Crippen LogP contribution < -0.4 is 10.6 Å². The van der Waals surface area contributed by atoms with Crippen molar-refractivity contribution in [2.75, 3.05) is 17.2 Å². The number of carboxylic acids is 1. The van der Waals surface area contributed by atoms with Gasteiger partial charge in [0.05, 0.1) is 16.9 Å². The van der Waals surface area contributed by atoms with E-state index in [1.54, 1.807) is 18.2 Å². The molecule has 18 heavy (non-hydrogen) atoms. The predicted molar refractivity (Wildman–Crippen MR) is 73.0 cm³/mol. The third-order valence-electron chi connectivity index (χ3n) is 3.96. The minimum atomic E-state index is -0.914. The number of anilines is 2. The molecule has 0 saturated carbocycles. The van der Waals surface area contributed by atoms with Crippen molar-refractivity contribution in [3.8, 4) is 0 Å². The maximum Gasteiger partial charge on any atom is 0.337 e. The van der Waals surface area contributed by atoms with E-state index >= 15 is 0 Å². The molecule has 2 unspecified atom stereocenters. The molecule has 3 N–H and O–H groups in total. The fraction of sp³-hybridized carbons (Fsp3) is 0.500. The highest BCUT2D eigenvalue weighted by molar-refractivity contribution is 5.98. The maximum absolute atomic E-state index is 11.3. The van der Waals surface area contributed by atoms with E-state index in [9.17, 15) is 9.90 Å². The second-order valence-electron chi connectivity index (χ2n) is 5.10. The van der Waals surface area contributed by atoms with E-state index in [1.807, 2.05) is 0 Å². The molecule has 0 aliphatic carbocycles. The lowest BCUT2D eigenvalue weighted by Crippen LogP contribution is -2.43. The number of piperidine rings is 1. The summed E-state index contributed by atoms with van der Waals surface area (Å²) in [6, 6.07) is 5.41. The van der Waals surface area contributed by atoms with Gasteiger partial charge in [-0.05, 0) is 37.8 Å². The Bertz CT molecular complexity index is 459. The number of nitrogens with zero attached hydrogens (tertiary/aromatic N) is 1. The van der Waals surface area contributed by atoms with Crippen LogP contribution >= 0.6 is 0 Å². The number of para-hydroxylation sites is 1. The zero-order valence-corrected chi connectivity index (χ0v) is 10.9. The minimum absolute atomic E-state index is 0.302. The molecule has 4 heteroatoms. The topological polar surface area (TPSA) is 66.6 Å². The third-order valence-corrected chi connectivity index (χ3v) is 3.96. The number of nitrogen functional groups attached to an aromatic ring is 1. The first-order valence-electron chi connectivity index (χ1n) is 6.40. The molecule has 1 aromatic carbocycles. The van der Waals surface area contributed by atoms with Gasteiger partial charge in [0.2, 0.25) is 0 Å². The van der Waals surface area contributed by atoms with Gasteiger partial charge >= 0.3 is 5.97 Å². The lowest BCUT2D eigenvalue weighted by Gasteiger charge is -2.40. The molecule has 1 aliphatic rings. The van der Waals surface area contributed by atoms with Crippen LogP contribution in [0.2, 0.25) is 0 Å². The number of hydrogen-bond acceptors (Lipinski definition) is 3. The summed E-state index contributed by atoms with van der Waals surface area (Å²) >= 11 is 0. The van der Waals surface area contributed by atoms with Gasteiger partial charge in [-0.25, -0.2) is 4.79 Å². The molecule has 2 rings (SSSR count). The van der Waals surface area contributed by atoms with Crippen molar-refractivity contribution >= 4 is 17.3 Å². The molecule has 1 aromatic rings. The van der Waals surface area contributed by atoms with Crippen LogP contribution in [0.15, 0.2) is 18.2 Å². The van der Waals surface area contributed by atoms with Gasteiger partial charge in [0.1, 0.15) is 0 Å². The summed E-state index contributed by atoms with van der Waals surface area (Å²) in [7, 11) is 0. The Morgan fingerprint density at radius 1 is 1.44 bits per heavy atom. The van der Waals surface area contributed by atoms with E-state index < -0.39 is 5.97 Å². The SMILES string of the molecule is CC1CCCN(c2c(N)cccc2C(=O)O)C1C. The van der Waals surface area contributed by atoms with E-state index in [0.29, 0.717) is 28.9 Å². The number of hydrogen-bond donors (Lipinski definition) is 2. The van der Waals surface area contributed by atoms with Crippen molar-refractivity contribution in [2.45, 2.75) is 32.7 Å². The molecule has 1 saturated heterocycles. The summed E-state index contributed by atoms with van der Waals surface area (Å²) in [6.45, 7) is 5.22. The molecule has 4 nitrogen and oxygen atoms in total.